The van der Waals surface area contributed by atoms with Gasteiger partial charge >= 0.3 is 0 Å². The Bertz CT molecular complexity index is 1240. The molecule has 0 aliphatic heterocycles. The lowest BCUT2D eigenvalue weighted by molar-refractivity contribution is 0.0997. The van der Waals surface area contributed by atoms with Gasteiger partial charge < -0.3 is 30.2 Å². The lowest BCUT2D eigenvalue weighted by Crippen LogP contribution is -2.41. The summed E-state index contributed by atoms with van der Waals surface area (Å²) in [5.41, 5.74) is 3.35. The number of ether oxygens (including phenoxy) is 1. The lowest BCUT2D eigenvalue weighted by Gasteiger charge is -2.19. The van der Waals surface area contributed by atoms with Gasteiger partial charge in [-0.3, -0.25) is 4.79 Å². The van der Waals surface area contributed by atoms with Crippen LogP contribution in [0.3, 0.4) is 0 Å². The van der Waals surface area contributed by atoms with Crippen LogP contribution < -0.4 is 15.4 Å². The summed E-state index contributed by atoms with van der Waals surface area (Å²) in [5.74, 6) is 0.550. The monoisotopic (exact) mass is 509 g/mol. The van der Waals surface area contributed by atoms with Crippen molar-refractivity contribution < 1.29 is 19.7 Å². The minimum atomic E-state index is -0.698. The third-order valence-electron chi connectivity index (χ3n) is 5.88. The fourth-order valence-electron chi connectivity index (χ4n) is 4.00. The second-order valence-electron chi connectivity index (χ2n) is 8.59. The molecule has 0 aliphatic carbocycles. The van der Waals surface area contributed by atoms with E-state index in [0.717, 1.165) is 16.5 Å². The number of rotatable bonds is 11. The van der Waals surface area contributed by atoms with Crippen LogP contribution in [0.1, 0.15) is 15.9 Å². The van der Waals surface area contributed by atoms with Gasteiger partial charge in [-0.15, -0.1) is 12.4 Å². The van der Waals surface area contributed by atoms with Crippen molar-refractivity contribution in [3.05, 3.63) is 96.2 Å². The van der Waals surface area contributed by atoms with E-state index in [9.17, 15) is 15.0 Å². The number of para-hydroxylation sites is 2. The summed E-state index contributed by atoms with van der Waals surface area (Å²) in [5, 5.41) is 27.0. The Balaban J connectivity index is 0.00000361. The number of carbonyl (C=O) groups excluding carboxylic acids is 1. The number of benzene rings is 3. The molecule has 8 heteroatoms. The molecule has 0 radical (unpaired) electrons. The molecule has 7 nitrogen and oxygen atoms in total. The Morgan fingerprint density at radius 3 is 2.42 bits per heavy atom. The smallest absolute Gasteiger partial charge is 0.257 e. The first-order chi connectivity index (χ1) is 17.0. The van der Waals surface area contributed by atoms with Gasteiger partial charge in [0.2, 0.25) is 0 Å². The molecule has 0 unspecified atom stereocenters. The third-order valence-corrected chi connectivity index (χ3v) is 5.88. The number of carbonyl (C=O) groups is 1. The number of halogens is 1. The highest BCUT2D eigenvalue weighted by Gasteiger charge is 2.15. The van der Waals surface area contributed by atoms with Crippen molar-refractivity contribution in [2.75, 3.05) is 25.1 Å². The van der Waals surface area contributed by atoms with Crippen LogP contribution in [0.2, 0.25) is 0 Å². The second-order valence-corrected chi connectivity index (χ2v) is 8.59. The maximum Gasteiger partial charge on any atom is 0.257 e. The number of anilines is 1. The molecular weight excluding hydrogens is 478 g/mol. The molecule has 1 amide bonds. The van der Waals surface area contributed by atoms with Gasteiger partial charge in [0.05, 0.1) is 12.2 Å². The second kappa shape index (κ2) is 13.1. The van der Waals surface area contributed by atoms with E-state index in [2.05, 4.69) is 10.6 Å². The summed E-state index contributed by atoms with van der Waals surface area (Å²) in [6.07, 6.45) is 1.72. The van der Waals surface area contributed by atoms with Crippen molar-refractivity contribution in [3.63, 3.8) is 0 Å². The molecule has 0 bridgehead atoms. The molecule has 4 rings (SSSR count). The standard InChI is InChI=1S/C28H31N3O4.ClH/c1-31-17-26(25-9-5-6-10-27(25)31)28(34)30-21-13-11-20(12-14-21)15-22(18-32)29-16-23(33)19-35-24-7-3-2-4-8-24;/h2-14,17,22-23,29,32-33H,15-16,18-19H2,1H3,(H,30,34);1H/t22-,23-;/m0./s1. The Labute approximate surface area is 217 Å². The minimum absolute atomic E-state index is 0. The average Bonchev–Trinajstić information content (AvgIpc) is 3.23. The number of hydrogen-bond acceptors (Lipinski definition) is 5. The van der Waals surface area contributed by atoms with Crippen LogP contribution in [-0.2, 0) is 13.5 Å². The Kier molecular flexibility index (Phi) is 9.90. The van der Waals surface area contributed by atoms with Gasteiger partial charge in [-0.05, 0) is 42.3 Å². The van der Waals surface area contributed by atoms with E-state index >= 15 is 0 Å². The number of amides is 1. The van der Waals surface area contributed by atoms with E-state index in [1.807, 2.05) is 96.7 Å². The number of nitrogens with zero attached hydrogens (tertiary/aromatic N) is 1. The molecule has 1 aromatic heterocycles. The van der Waals surface area contributed by atoms with Gasteiger partial charge in [0.25, 0.3) is 5.91 Å². The first-order valence-corrected chi connectivity index (χ1v) is 11.7. The molecule has 4 aromatic rings. The molecule has 190 valence electrons. The third kappa shape index (κ3) is 7.08. The Hall–Kier alpha value is -3.36. The summed E-state index contributed by atoms with van der Waals surface area (Å²) in [6, 6.07) is 24.5. The zero-order chi connectivity index (χ0) is 24.6. The van der Waals surface area contributed by atoms with E-state index in [-0.39, 0.29) is 37.6 Å². The number of nitrogens with one attached hydrogen (secondary N) is 2. The quantitative estimate of drug-likeness (QED) is 0.247. The number of fused-ring (bicyclic) bond motifs is 1. The molecule has 0 spiro atoms. The highest BCUT2D eigenvalue weighted by Crippen LogP contribution is 2.22. The van der Waals surface area contributed by atoms with E-state index in [4.69, 9.17) is 4.74 Å². The van der Waals surface area contributed by atoms with Gasteiger partial charge in [-0.2, -0.15) is 0 Å². The largest absolute Gasteiger partial charge is 0.491 e. The topological polar surface area (TPSA) is 95.8 Å². The number of aliphatic hydroxyl groups excluding tert-OH is 2. The molecule has 1 heterocycles. The van der Waals surface area contributed by atoms with Crippen LogP contribution >= 0.6 is 12.4 Å². The zero-order valence-electron chi connectivity index (χ0n) is 20.1. The molecule has 0 aliphatic rings. The highest BCUT2D eigenvalue weighted by molar-refractivity contribution is 6.12. The van der Waals surface area contributed by atoms with Gasteiger partial charge in [0.15, 0.2) is 0 Å². The number of aliphatic hydroxyl groups is 2. The summed E-state index contributed by atoms with van der Waals surface area (Å²) < 4.78 is 7.51. The maximum atomic E-state index is 12.8. The predicted molar refractivity (Wildman–Crippen MR) is 145 cm³/mol. The van der Waals surface area contributed by atoms with Crippen molar-refractivity contribution in [1.82, 2.24) is 9.88 Å². The summed E-state index contributed by atoms with van der Waals surface area (Å²) in [4.78, 5) is 12.8. The van der Waals surface area contributed by atoms with Crippen LogP contribution in [0.15, 0.2) is 85.1 Å². The zero-order valence-corrected chi connectivity index (χ0v) is 20.9. The molecule has 3 aromatic carbocycles. The van der Waals surface area contributed by atoms with Crippen molar-refractivity contribution >= 4 is 34.9 Å². The van der Waals surface area contributed by atoms with Gasteiger partial charge in [0.1, 0.15) is 18.5 Å². The molecule has 2 atom stereocenters. The first kappa shape index (κ1) is 27.2. The van der Waals surface area contributed by atoms with Gasteiger partial charge in [-0.25, -0.2) is 0 Å². The van der Waals surface area contributed by atoms with Crippen molar-refractivity contribution in [1.29, 1.82) is 0 Å². The van der Waals surface area contributed by atoms with E-state index in [0.29, 0.717) is 30.0 Å². The van der Waals surface area contributed by atoms with Crippen LogP contribution in [-0.4, -0.2) is 52.6 Å². The number of aryl methyl sites for hydroxylation is 1. The molecule has 0 saturated carbocycles. The van der Waals surface area contributed by atoms with Gasteiger partial charge in [-0.1, -0.05) is 48.5 Å². The molecular formula is C28H32ClN3O4. The van der Waals surface area contributed by atoms with E-state index < -0.39 is 6.10 Å². The highest BCUT2D eigenvalue weighted by atomic mass is 35.5. The first-order valence-electron chi connectivity index (χ1n) is 11.7. The summed E-state index contributed by atoms with van der Waals surface area (Å²) >= 11 is 0. The summed E-state index contributed by atoms with van der Waals surface area (Å²) in [6.45, 7) is 0.406. The van der Waals surface area contributed by atoms with Crippen LogP contribution in [0, 0.1) is 0 Å². The Morgan fingerprint density at radius 2 is 1.69 bits per heavy atom. The fraction of sp³-hybridized carbons (Fsp3) is 0.250. The molecule has 0 fully saturated rings. The summed E-state index contributed by atoms with van der Waals surface area (Å²) in [7, 11) is 1.93. The van der Waals surface area contributed by atoms with Crippen LogP contribution in [0.4, 0.5) is 5.69 Å². The number of aromatic nitrogens is 1. The average molecular weight is 510 g/mol. The fourth-order valence-corrected chi connectivity index (χ4v) is 4.00. The van der Waals surface area contributed by atoms with Gasteiger partial charge in [0, 0.05) is 42.4 Å². The van der Waals surface area contributed by atoms with Crippen LogP contribution in [0.25, 0.3) is 10.9 Å². The predicted octanol–water partition coefficient (Wildman–Crippen LogP) is 3.79. The van der Waals surface area contributed by atoms with Crippen LogP contribution in [0.5, 0.6) is 5.75 Å². The molecule has 0 saturated heterocycles. The Morgan fingerprint density at radius 1 is 1.00 bits per heavy atom. The SMILES string of the molecule is Cl.Cn1cc(C(=O)Nc2ccc(C[C@@H](CO)NC[C@H](O)COc3ccccc3)cc2)c2ccccc21. The van der Waals surface area contributed by atoms with Crippen molar-refractivity contribution in [3.8, 4) is 5.75 Å². The van der Waals surface area contributed by atoms with Crippen molar-refractivity contribution in [2.45, 2.75) is 18.6 Å². The molecule has 36 heavy (non-hydrogen) atoms. The molecule has 4 N–H and O–H groups in total. The van der Waals surface area contributed by atoms with Crippen molar-refractivity contribution in [2.24, 2.45) is 7.05 Å². The van der Waals surface area contributed by atoms with E-state index in [1.165, 1.54) is 0 Å². The normalized spacial score (nSPS) is 12.5. The minimum Gasteiger partial charge on any atom is -0.491 e. The number of hydrogen-bond donors (Lipinski definition) is 4. The lowest BCUT2D eigenvalue weighted by atomic mass is 10.1. The van der Waals surface area contributed by atoms with E-state index in [1.54, 1.807) is 0 Å². The maximum absolute atomic E-state index is 12.8.